The maximum Gasteiger partial charge on any atom is 0.277 e. The van der Waals surface area contributed by atoms with E-state index in [9.17, 15) is 50.4 Å². The molecule has 0 saturated heterocycles. The maximum absolute atomic E-state index is 13.1. The number of amides is 2. The van der Waals surface area contributed by atoms with Gasteiger partial charge in [0.25, 0.3) is 11.7 Å². The first kappa shape index (κ1) is 53.4. The van der Waals surface area contributed by atoms with Crippen LogP contribution < -0.4 is 26.3 Å². The molecule has 0 unspecified atom stereocenters. The number of carbonyl (C=O) groups excluding carboxylic acids is 2. The van der Waals surface area contributed by atoms with E-state index in [-0.39, 0.29) is 87.8 Å². The number of aliphatic hydroxyl groups is 10. The topological polar surface area (TPSA) is 369 Å². The van der Waals surface area contributed by atoms with Crippen LogP contribution in [0.1, 0.15) is 30.0 Å². The quantitative estimate of drug-likeness (QED) is 0.0163. The monoisotopic (exact) mass is 920 g/mol. The summed E-state index contributed by atoms with van der Waals surface area (Å²) in [7, 11) is 0. The minimum atomic E-state index is -1.90. The van der Waals surface area contributed by atoms with Crippen LogP contribution in [0.4, 0.5) is 17.5 Å². The number of aryl methyl sites for hydroxylation is 2. The normalized spacial score (nSPS) is 15.8. The van der Waals surface area contributed by atoms with Crippen molar-refractivity contribution in [3.05, 3.63) is 34.7 Å². The van der Waals surface area contributed by atoms with Gasteiger partial charge >= 0.3 is 0 Å². The lowest BCUT2D eigenvalue weighted by atomic mass is 10.0. The molecule has 2 heterocycles. The molecule has 24 nitrogen and oxygen atoms in total. The van der Waals surface area contributed by atoms with Crippen molar-refractivity contribution in [1.82, 2.24) is 24.8 Å². The molecule has 0 aliphatic heterocycles. The molecule has 0 aliphatic rings. The zero-order valence-electron chi connectivity index (χ0n) is 35.3. The number of fused-ring (bicyclic) bond motifs is 1. The molecule has 0 fully saturated rings. The molecular formula is C38H63ClN9O15+. The predicted molar refractivity (Wildman–Crippen MR) is 225 cm³/mol. The Morgan fingerprint density at radius 2 is 1.37 bits per heavy atom. The van der Waals surface area contributed by atoms with Gasteiger partial charge in [0.2, 0.25) is 6.41 Å². The number of aliphatic hydroxyl groups excluding tert-OH is 10. The molecule has 0 radical (unpaired) electrons. The summed E-state index contributed by atoms with van der Waals surface area (Å²) in [6.45, 7) is 3.55. The largest absolute Gasteiger partial charge is 0.394 e. The van der Waals surface area contributed by atoms with Crippen LogP contribution >= 0.6 is 11.6 Å². The highest BCUT2D eigenvalue weighted by Crippen LogP contribution is 2.26. The number of carbonyl (C=O) groups is 2. The van der Waals surface area contributed by atoms with E-state index >= 15 is 0 Å². The molecule has 25 heteroatoms. The third kappa shape index (κ3) is 15.1. The lowest BCUT2D eigenvalue weighted by Crippen LogP contribution is -2.53. The van der Waals surface area contributed by atoms with Gasteiger partial charge in [-0.2, -0.15) is 0 Å². The number of anilines is 3. The van der Waals surface area contributed by atoms with Crippen LogP contribution in [-0.4, -0.2) is 211 Å². The van der Waals surface area contributed by atoms with Gasteiger partial charge in [0, 0.05) is 37.8 Å². The SMILES string of the molecule is CCn1c(CN(C=O)c2nc(Cl)c(N)nc2N)[n+](CC)c2ccc(C(=O)NCCOCCOCCOCCN(C[C@H](O)[C@@H](O)[C@H](O)[C@H](O)CO)C[C@H](O)[C@@H](O)[C@H](O)[C@H](O)CO)cc21. The van der Waals surface area contributed by atoms with Crippen LogP contribution in [0, 0.1) is 0 Å². The van der Waals surface area contributed by atoms with E-state index in [1.54, 1.807) is 12.1 Å². The van der Waals surface area contributed by atoms with Crippen molar-refractivity contribution in [1.29, 1.82) is 0 Å². The fourth-order valence-corrected chi connectivity index (χ4v) is 6.69. The van der Waals surface area contributed by atoms with Crippen LogP contribution in [0.5, 0.6) is 0 Å². The summed E-state index contributed by atoms with van der Waals surface area (Å²) in [5.74, 6) is 0.375. The lowest BCUT2D eigenvalue weighted by Gasteiger charge is -2.33. The molecule has 0 bridgehead atoms. The second-order valence-corrected chi connectivity index (χ2v) is 14.8. The van der Waals surface area contributed by atoms with Crippen molar-refractivity contribution in [3.63, 3.8) is 0 Å². The second-order valence-electron chi connectivity index (χ2n) is 14.4. The highest BCUT2D eigenvalue weighted by atomic mass is 35.5. The number of nitrogen functional groups attached to an aromatic ring is 2. The summed E-state index contributed by atoms with van der Waals surface area (Å²) in [5.41, 5.74) is 13.8. The smallest absolute Gasteiger partial charge is 0.277 e. The third-order valence-corrected chi connectivity index (χ3v) is 10.3. The Labute approximate surface area is 368 Å². The Balaban J connectivity index is 1.44. The molecule has 8 atom stereocenters. The van der Waals surface area contributed by atoms with Crippen LogP contribution in [0.15, 0.2) is 18.2 Å². The van der Waals surface area contributed by atoms with Gasteiger partial charge in [0.05, 0.1) is 78.2 Å². The maximum atomic E-state index is 13.1. The molecular weight excluding hydrogens is 858 g/mol. The predicted octanol–water partition coefficient (Wildman–Crippen LogP) is -5.31. The van der Waals surface area contributed by atoms with Crippen molar-refractivity contribution < 1.29 is 79.4 Å². The Morgan fingerprint density at radius 3 is 1.89 bits per heavy atom. The van der Waals surface area contributed by atoms with Gasteiger partial charge in [0.15, 0.2) is 33.6 Å². The number of hydrogen-bond donors (Lipinski definition) is 13. The van der Waals surface area contributed by atoms with E-state index in [0.29, 0.717) is 25.1 Å². The number of nitrogens with two attached hydrogens (primary N) is 2. The standard InChI is InChI=1S/C38H62ClN9O15/c1-3-47-23-6-5-22(15-24(23)48(4-2)29(47)18-46(21-51)37-36(41)44-35(40)34(39)43-37)38(60)42-7-9-61-11-13-63-14-12-62-10-8-45(16-25(52)30(56)32(58)27(54)19-49)17-26(53)31(57)33(59)28(55)20-50/h5-6,15,21,25-28,30-33,49-50,52-59H,3-4,7-14,16-20H2,1-2H3,(H4-,40,41,42,44,60)/p+1/t25-,26-,27+,28+,30+,31+,32+,33+/m0/s1. The number of imidazole rings is 1. The number of ether oxygens (including phenoxy) is 3. The number of rotatable bonds is 31. The molecule has 356 valence electrons. The van der Waals surface area contributed by atoms with Gasteiger partial charge < -0.3 is 82.1 Å². The number of halogens is 1. The van der Waals surface area contributed by atoms with Crippen molar-refractivity contribution >= 4 is 52.4 Å². The van der Waals surface area contributed by atoms with E-state index in [2.05, 4.69) is 15.3 Å². The molecule has 15 N–H and O–H groups in total. The molecule has 63 heavy (non-hydrogen) atoms. The molecule has 1 aromatic carbocycles. The zero-order valence-corrected chi connectivity index (χ0v) is 36.0. The highest BCUT2D eigenvalue weighted by molar-refractivity contribution is 6.31. The number of nitrogens with zero attached hydrogens (tertiary/aromatic N) is 6. The zero-order chi connectivity index (χ0) is 46.8. The first-order chi connectivity index (χ1) is 30.0. The summed E-state index contributed by atoms with van der Waals surface area (Å²) < 4.78 is 20.6. The van der Waals surface area contributed by atoms with E-state index in [1.807, 2.05) is 29.0 Å². The average molecular weight is 921 g/mol. The van der Waals surface area contributed by atoms with Gasteiger partial charge in [-0.1, -0.05) is 11.6 Å². The van der Waals surface area contributed by atoms with Gasteiger partial charge in [-0.15, -0.1) is 0 Å². The van der Waals surface area contributed by atoms with Crippen molar-refractivity contribution in [2.75, 3.05) is 95.4 Å². The Hall–Kier alpha value is -3.96. The summed E-state index contributed by atoms with van der Waals surface area (Å²) >= 11 is 6.07. The van der Waals surface area contributed by atoms with Crippen molar-refractivity contribution in [2.24, 2.45) is 0 Å². The van der Waals surface area contributed by atoms with Gasteiger partial charge in [0.1, 0.15) is 43.2 Å². The van der Waals surface area contributed by atoms with Gasteiger partial charge in [-0.3, -0.25) is 19.4 Å². The Morgan fingerprint density at radius 1 is 0.825 bits per heavy atom. The Kier molecular flexibility index (Phi) is 22.7. The van der Waals surface area contributed by atoms with Gasteiger partial charge in [-0.05, 0) is 26.0 Å². The van der Waals surface area contributed by atoms with Crippen LogP contribution in [0.3, 0.4) is 0 Å². The molecule has 2 amide bonds. The summed E-state index contributed by atoms with van der Waals surface area (Å²) in [6, 6.07) is 5.32. The second kappa shape index (κ2) is 26.7. The Bertz CT molecular complexity index is 1840. The number of nitrogens with one attached hydrogen (secondary N) is 1. The lowest BCUT2D eigenvalue weighted by molar-refractivity contribution is -0.676. The highest BCUT2D eigenvalue weighted by Gasteiger charge is 2.34. The molecule has 0 spiro atoms. The fourth-order valence-electron chi connectivity index (χ4n) is 6.57. The molecule has 2 aromatic heterocycles. The van der Waals surface area contributed by atoms with E-state index < -0.39 is 75.1 Å². The van der Waals surface area contributed by atoms with Crippen molar-refractivity contribution in [3.8, 4) is 0 Å². The number of hydrogen-bond acceptors (Lipinski definition) is 20. The average Bonchev–Trinajstić information content (AvgIpc) is 3.58. The summed E-state index contributed by atoms with van der Waals surface area (Å²) in [6.07, 6.45) is -13.9. The third-order valence-electron chi connectivity index (χ3n) is 10.0. The van der Waals surface area contributed by atoms with Gasteiger partial charge in [-0.25, -0.2) is 19.1 Å². The first-order valence-electron chi connectivity index (χ1n) is 20.3. The van der Waals surface area contributed by atoms with Crippen LogP contribution in [-0.2, 0) is 38.6 Å². The number of aromatic nitrogens is 4. The summed E-state index contributed by atoms with van der Waals surface area (Å²) in [4.78, 5) is 36.1. The van der Waals surface area contributed by atoms with E-state index in [1.165, 1.54) is 9.80 Å². The minimum absolute atomic E-state index is 0.00397. The fraction of sp³-hybridized carbons (Fsp3) is 0.658. The molecule has 3 aromatic rings. The van der Waals surface area contributed by atoms with Crippen LogP contribution in [0.25, 0.3) is 11.0 Å². The number of benzene rings is 1. The van der Waals surface area contributed by atoms with E-state index in [0.717, 1.165) is 16.9 Å². The summed E-state index contributed by atoms with van der Waals surface area (Å²) in [5, 5.41) is 101. The minimum Gasteiger partial charge on any atom is -0.394 e. The van der Waals surface area contributed by atoms with Crippen molar-refractivity contribution in [2.45, 2.75) is 82.3 Å². The molecule has 0 saturated carbocycles. The van der Waals surface area contributed by atoms with Crippen LogP contribution in [0.2, 0.25) is 5.15 Å². The van der Waals surface area contributed by atoms with E-state index in [4.69, 9.17) is 47.5 Å². The molecule has 3 rings (SSSR count). The first-order valence-corrected chi connectivity index (χ1v) is 20.7. The molecule has 0 aliphatic carbocycles.